The minimum atomic E-state index is -4.76. The summed E-state index contributed by atoms with van der Waals surface area (Å²) in [7, 11) is -4.76. The Morgan fingerprint density at radius 3 is 2.61 bits per heavy atom. The number of imidazole rings is 2. The van der Waals surface area contributed by atoms with Crippen LogP contribution in [0.3, 0.4) is 0 Å². The number of rotatable bonds is 7. The number of nitrogens with zero attached hydrogens (tertiary/aromatic N) is 7. The van der Waals surface area contributed by atoms with Crippen molar-refractivity contribution < 1.29 is 55.1 Å². The lowest BCUT2D eigenvalue weighted by Gasteiger charge is -2.26. The number of hydrogen-bond acceptors (Lipinski definition) is 15. The van der Waals surface area contributed by atoms with Crippen molar-refractivity contribution in [3.63, 3.8) is 0 Å². The van der Waals surface area contributed by atoms with E-state index in [1.54, 1.807) is 0 Å². The van der Waals surface area contributed by atoms with Gasteiger partial charge in [0.15, 0.2) is 23.7 Å². The first kappa shape index (κ1) is 30.9. The number of aliphatic imine (C=N–C) groups is 1. The third kappa shape index (κ3) is 6.42. The third-order valence-corrected chi connectivity index (χ3v) is 6.73. The zero-order valence-corrected chi connectivity index (χ0v) is 22.3. The molecule has 0 aliphatic carbocycles. The highest BCUT2D eigenvalue weighted by Gasteiger charge is 2.45. The van der Waals surface area contributed by atoms with Gasteiger partial charge in [-0.1, -0.05) is 11.6 Å². The van der Waals surface area contributed by atoms with Gasteiger partial charge in [0.25, 0.3) is 0 Å². The molecule has 5 rings (SSSR count). The molecule has 1 fully saturated rings. The fourth-order valence-electron chi connectivity index (χ4n) is 4.06. The van der Waals surface area contributed by atoms with Crippen LogP contribution >= 0.6 is 19.4 Å². The number of anilines is 2. The van der Waals surface area contributed by atoms with E-state index < -0.39 is 56.8 Å². The number of aliphatic hydroxyl groups is 4. The van der Waals surface area contributed by atoms with Crippen molar-refractivity contribution in [3.8, 4) is 0 Å². The van der Waals surface area contributed by atoms with Crippen LogP contribution < -0.4 is 16.5 Å². The lowest BCUT2D eigenvalue weighted by atomic mass is 10.1. The lowest BCUT2D eigenvalue weighted by molar-refractivity contribution is -0.0501. The first-order valence-electron chi connectivity index (χ1n) is 11.5. The van der Waals surface area contributed by atoms with Gasteiger partial charge in [-0.15, -0.1) is 0 Å². The minimum Gasteiger partial charge on any atom is -0.396 e. The number of hydroxylamine groups is 1. The standard InChI is InChI=1S/C11H14FN4O7P.C8H12ClN5O3.H2/c12-6-1-4-7(10(13)15-6)14-3-16(4)11-9(18)8(17)5(23-11)2-22-24(19,20)21;9-8-12-6(10)5-7(14(8)17)13(3-11-5)4(16)1-2-15;/h1,3,5,8-9,11,17-18H,2H2,(H2,13,15)(H2,19,20,21);3-4,8,15-17H,1-2H2,(H2,10,12);1H. The van der Waals surface area contributed by atoms with E-state index in [0.29, 0.717) is 5.06 Å². The Bertz CT molecular complexity index is 1480. The normalized spacial score (nSPS) is 25.0. The number of phosphoric acid groups is 1. The van der Waals surface area contributed by atoms with Crippen molar-refractivity contribution in [3.05, 3.63) is 30.4 Å². The quantitative estimate of drug-likeness (QED) is 0.0611. The molecule has 22 heteroatoms. The summed E-state index contributed by atoms with van der Waals surface area (Å²) in [4.78, 5) is 32.4. The average molecular weight is 628 g/mol. The number of ether oxygens (including phenoxy) is 1. The average Bonchev–Trinajstić information content (AvgIpc) is 3.59. The second-order valence-corrected chi connectivity index (χ2v) is 10.3. The van der Waals surface area contributed by atoms with E-state index in [-0.39, 0.29) is 48.7 Å². The van der Waals surface area contributed by atoms with E-state index in [1.807, 2.05) is 0 Å². The van der Waals surface area contributed by atoms with Crippen molar-refractivity contribution in [2.75, 3.05) is 24.0 Å². The van der Waals surface area contributed by atoms with Gasteiger partial charge in [-0.2, -0.15) is 9.45 Å². The number of fused-ring (bicyclic) bond motifs is 2. The van der Waals surface area contributed by atoms with Gasteiger partial charge < -0.3 is 51.0 Å². The van der Waals surface area contributed by atoms with E-state index in [1.165, 1.54) is 21.8 Å². The molecule has 2 aliphatic heterocycles. The minimum absolute atomic E-state index is 0. The smallest absolute Gasteiger partial charge is 0.396 e. The first-order valence-corrected chi connectivity index (χ1v) is 13.5. The molecule has 19 nitrogen and oxygen atoms in total. The van der Waals surface area contributed by atoms with Gasteiger partial charge in [0, 0.05) is 20.5 Å². The maximum atomic E-state index is 13.5. The predicted octanol–water partition coefficient (Wildman–Crippen LogP) is -1.68. The maximum absolute atomic E-state index is 13.5. The third-order valence-electron chi connectivity index (χ3n) is 5.96. The molecular weight excluding hydrogens is 600 g/mol. The van der Waals surface area contributed by atoms with Gasteiger partial charge in [0.2, 0.25) is 11.6 Å². The summed E-state index contributed by atoms with van der Waals surface area (Å²) in [5.41, 5.74) is 10.7. The fraction of sp³-hybridized carbons (Fsp3) is 0.474. The molecule has 5 heterocycles. The molecular formula is C19H28ClFN9O10P. The fourth-order valence-corrected chi connectivity index (χ4v) is 4.60. The van der Waals surface area contributed by atoms with Crippen LogP contribution in [0.25, 0.3) is 11.0 Å². The molecule has 11 N–H and O–H groups in total. The predicted molar refractivity (Wildman–Crippen MR) is 138 cm³/mol. The summed E-state index contributed by atoms with van der Waals surface area (Å²) in [6.07, 6.45) is -3.76. The van der Waals surface area contributed by atoms with Crippen molar-refractivity contribution in [2.45, 2.75) is 42.8 Å². The number of alkyl halides is 1. The number of aromatic nitrogens is 5. The number of pyridine rings is 1. The monoisotopic (exact) mass is 627 g/mol. The van der Waals surface area contributed by atoms with Gasteiger partial charge in [0.1, 0.15) is 35.8 Å². The summed E-state index contributed by atoms with van der Waals surface area (Å²) < 4.78 is 36.4. The second-order valence-electron chi connectivity index (χ2n) is 8.67. The summed E-state index contributed by atoms with van der Waals surface area (Å²) in [6.45, 7) is -0.850. The van der Waals surface area contributed by atoms with E-state index in [2.05, 4.69) is 24.5 Å². The molecule has 2 aliphatic rings. The lowest BCUT2D eigenvalue weighted by Crippen LogP contribution is -2.37. The number of nitrogen functional groups attached to an aromatic ring is 1. The molecule has 3 aromatic heterocycles. The molecule has 0 amide bonds. The van der Waals surface area contributed by atoms with Crippen LogP contribution in [0, 0.1) is 5.95 Å². The van der Waals surface area contributed by atoms with Crippen LogP contribution in [-0.4, -0.2) is 102 Å². The van der Waals surface area contributed by atoms with E-state index in [4.69, 9.17) is 42.7 Å². The van der Waals surface area contributed by atoms with Gasteiger partial charge in [-0.05, 0) is 0 Å². The highest BCUT2D eigenvalue weighted by Crippen LogP contribution is 2.39. The van der Waals surface area contributed by atoms with E-state index in [9.17, 15) is 29.5 Å². The maximum Gasteiger partial charge on any atom is 0.469 e. The molecule has 0 bridgehead atoms. The van der Waals surface area contributed by atoms with Crippen LogP contribution in [0.5, 0.6) is 0 Å². The summed E-state index contributed by atoms with van der Waals surface area (Å²) in [6, 6.07) is 1.03. The molecule has 41 heavy (non-hydrogen) atoms. The van der Waals surface area contributed by atoms with Crippen molar-refractivity contribution in [2.24, 2.45) is 10.7 Å². The van der Waals surface area contributed by atoms with E-state index >= 15 is 0 Å². The van der Waals surface area contributed by atoms with Crippen LogP contribution in [0.15, 0.2) is 23.7 Å². The Balaban J connectivity index is 0.000000238. The van der Waals surface area contributed by atoms with Gasteiger partial charge in [-0.3, -0.25) is 14.3 Å². The highest BCUT2D eigenvalue weighted by molar-refractivity contribution is 7.46. The summed E-state index contributed by atoms with van der Waals surface area (Å²) >= 11 is 5.74. The molecule has 6 unspecified atom stereocenters. The van der Waals surface area contributed by atoms with Crippen LogP contribution in [-0.2, 0) is 13.8 Å². The van der Waals surface area contributed by atoms with E-state index in [0.717, 1.165) is 6.07 Å². The number of aliphatic hydroxyl groups excluding tert-OH is 4. The SMILES string of the molecule is NC1=NC(Cl)N(O)c2c1ncn2C(O)CCO.Nc1nc(F)cc2c1ncn2C1OC(COP(=O)(O)O)C(O)C1O.[HH]. The molecule has 228 valence electrons. The summed E-state index contributed by atoms with van der Waals surface area (Å²) in [5.74, 6) is -0.784. The molecule has 3 aromatic rings. The molecule has 0 aromatic carbocycles. The van der Waals surface area contributed by atoms with Crippen molar-refractivity contribution >= 4 is 47.9 Å². The molecule has 0 saturated carbocycles. The molecule has 0 spiro atoms. The van der Waals surface area contributed by atoms with Gasteiger partial charge in [-0.25, -0.2) is 24.5 Å². The number of phosphoric ester groups is 1. The largest absolute Gasteiger partial charge is 0.469 e. The number of amidine groups is 1. The Hall–Kier alpha value is -3.01. The molecule has 0 radical (unpaired) electrons. The van der Waals surface area contributed by atoms with Crippen LogP contribution in [0.2, 0.25) is 0 Å². The Morgan fingerprint density at radius 1 is 1.24 bits per heavy atom. The zero-order chi connectivity index (χ0) is 30.2. The Labute approximate surface area is 235 Å². The zero-order valence-electron chi connectivity index (χ0n) is 20.7. The number of nitrogens with two attached hydrogens (primary N) is 2. The number of halogens is 2. The Morgan fingerprint density at radius 2 is 1.95 bits per heavy atom. The first-order chi connectivity index (χ1) is 19.2. The summed E-state index contributed by atoms with van der Waals surface area (Å²) in [5, 5.41) is 49.0. The topological polar surface area (TPSA) is 293 Å². The van der Waals surface area contributed by atoms with Crippen molar-refractivity contribution in [1.82, 2.24) is 24.1 Å². The Kier molecular flexibility index (Phi) is 9.11. The second kappa shape index (κ2) is 12.1. The van der Waals surface area contributed by atoms with Gasteiger partial charge in [0.05, 0.1) is 24.8 Å². The van der Waals surface area contributed by atoms with Crippen molar-refractivity contribution in [1.29, 1.82) is 0 Å². The molecule has 6 atom stereocenters. The highest BCUT2D eigenvalue weighted by atomic mass is 35.5. The molecule has 1 saturated heterocycles. The number of hydrogen-bond donors (Lipinski definition) is 9. The van der Waals surface area contributed by atoms with Gasteiger partial charge >= 0.3 is 7.82 Å². The van der Waals surface area contributed by atoms with Crippen LogP contribution in [0.4, 0.5) is 16.0 Å². The van der Waals surface area contributed by atoms with Crippen LogP contribution in [0.1, 0.15) is 26.0 Å².